The van der Waals surface area contributed by atoms with Crippen LogP contribution in [-0.2, 0) is 0 Å². The Labute approximate surface area is 201 Å². The zero-order valence-corrected chi connectivity index (χ0v) is 19.0. The van der Waals surface area contributed by atoms with Gasteiger partial charge in [0.25, 0.3) is 0 Å². The number of aromatic nitrogens is 7. The number of hydrogen-bond donors (Lipinski definition) is 1. The van der Waals surface area contributed by atoms with Gasteiger partial charge in [0.05, 0.1) is 29.0 Å². The number of benzene rings is 3. The van der Waals surface area contributed by atoms with Crippen molar-refractivity contribution in [3.63, 3.8) is 0 Å². The summed E-state index contributed by atoms with van der Waals surface area (Å²) in [6.45, 7) is 2.09. The van der Waals surface area contributed by atoms with Crippen LogP contribution in [-0.4, -0.2) is 34.5 Å². The summed E-state index contributed by atoms with van der Waals surface area (Å²) in [5, 5.41) is 12.1. The molecule has 0 saturated carbocycles. The molecule has 0 spiro atoms. The van der Waals surface area contributed by atoms with Gasteiger partial charge in [-0.15, -0.1) is 5.10 Å². The fourth-order valence-corrected chi connectivity index (χ4v) is 4.02. The van der Waals surface area contributed by atoms with E-state index in [1.54, 1.807) is 17.2 Å². The fraction of sp³-hybridized carbons (Fsp3) is 0.0741. The Morgan fingerprint density at radius 2 is 1.66 bits per heavy atom. The van der Waals surface area contributed by atoms with Crippen molar-refractivity contribution in [2.75, 3.05) is 5.32 Å². The second-order valence-corrected chi connectivity index (χ2v) is 8.22. The monoisotopic (exact) mass is 458 g/mol. The molecule has 1 atom stereocenters. The third kappa shape index (κ3) is 4.13. The molecule has 3 aromatic heterocycles. The molecule has 3 heterocycles. The van der Waals surface area contributed by atoms with E-state index in [4.69, 9.17) is 4.98 Å². The average molecular weight is 459 g/mol. The van der Waals surface area contributed by atoms with Gasteiger partial charge in [0, 0.05) is 11.8 Å². The van der Waals surface area contributed by atoms with Crippen molar-refractivity contribution in [1.29, 1.82) is 0 Å². The van der Waals surface area contributed by atoms with Crippen LogP contribution in [0.4, 0.5) is 5.95 Å². The first-order valence-corrected chi connectivity index (χ1v) is 11.3. The molecule has 0 aliphatic heterocycles. The van der Waals surface area contributed by atoms with E-state index in [1.165, 1.54) is 5.56 Å². The lowest BCUT2D eigenvalue weighted by Crippen LogP contribution is -2.10. The maximum absolute atomic E-state index is 4.74. The van der Waals surface area contributed by atoms with Gasteiger partial charge < -0.3 is 5.32 Å². The molecule has 8 nitrogen and oxygen atoms in total. The van der Waals surface area contributed by atoms with Crippen molar-refractivity contribution in [1.82, 2.24) is 34.5 Å². The number of imidazole rings is 1. The maximum atomic E-state index is 4.74. The van der Waals surface area contributed by atoms with Crippen LogP contribution in [0.25, 0.3) is 33.8 Å². The first kappa shape index (κ1) is 20.7. The summed E-state index contributed by atoms with van der Waals surface area (Å²) in [5.41, 5.74) is 5.68. The molecule has 0 fully saturated rings. The van der Waals surface area contributed by atoms with Crippen molar-refractivity contribution in [3.8, 4) is 22.8 Å². The van der Waals surface area contributed by atoms with E-state index < -0.39 is 0 Å². The standard InChI is InChI=1S/C27H22N8/c1-19(20-8-4-2-5-9-20)30-27-28-15-14-26(31-27)34-18-29-23-13-12-22(16-25(23)34)35-17-24(32-33-35)21-10-6-3-7-11-21/h2-19H,1H3,(H,28,30,31). The van der Waals surface area contributed by atoms with Crippen LogP contribution in [0.5, 0.6) is 0 Å². The highest BCUT2D eigenvalue weighted by Crippen LogP contribution is 2.23. The van der Waals surface area contributed by atoms with Crippen molar-refractivity contribution < 1.29 is 0 Å². The van der Waals surface area contributed by atoms with Crippen molar-refractivity contribution in [2.45, 2.75) is 13.0 Å². The topological polar surface area (TPSA) is 86.3 Å². The highest BCUT2D eigenvalue weighted by Gasteiger charge is 2.12. The molecule has 0 aliphatic carbocycles. The molecule has 6 rings (SSSR count). The average Bonchev–Trinajstić information content (AvgIpc) is 3.57. The second kappa shape index (κ2) is 8.83. The molecule has 0 radical (unpaired) electrons. The van der Waals surface area contributed by atoms with E-state index in [-0.39, 0.29) is 6.04 Å². The first-order valence-electron chi connectivity index (χ1n) is 11.3. The second-order valence-electron chi connectivity index (χ2n) is 8.22. The van der Waals surface area contributed by atoms with Gasteiger partial charge in [0.15, 0.2) is 0 Å². The van der Waals surface area contributed by atoms with Crippen LogP contribution in [0.15, 0.2) is 104 Å². The number of nitrogens with one attached hydrogen (secondary N) is 1. The maximum Gasteiger partial charge on any atom is 0.225 e. The fourth-order valence-electron chi connectivity index (χ4n) is 4.02. The smallest absolute Gasteiger partial charge is 0.225 e. The highest BCUT2D eigenvalue weighted by molar-refractivity contribution is 5.79. The zero-order valence-electron chi connectivity index (χ0n) is 19.0. The first-order chi connectivity index (χ1) is 17.2. The van der Waals surface area contributed by atoms with Gasteiger partial charge in [-0.2, -0.15) is 4.98 Å². The minimum absolute atomic E-state index is 0.0729. The Morgan fingerprint density at radius 3 is 2.49 bits per heavy atom. The Hall–Kier alpha value is -4.85. The van der Waals surface area contributed by atoms with Crippen LogP contribution < -0.4 is 5.32 Å². The molecule has 8 heteroatoms. The largest absolute Gasteiger partial charge is 0.348 e. The van der Waals surface area contributed by atoms with E-state index in [0.717, 1.165) is 33.8 Å². The molecule has 0 bridgehead atoms. The van der Waals surface area contributed by atoms with Gasteiger partial charge in [-0.05, 0) is 36.8 Å². The van der Waals surface area contributed by atoms with Crippen LogP contribution in [0.3, 0.4) is 0 Å². The molecule has 0 saturated heterocycles. The van der Waals surface area contributed by atoms with Gasteiger partial charge in [0.1, 0.15) is 17.8 Å². The quantitative estimate of drug-likeness (QED) is 0.368. The number of anilines is 1. The predicted molar refractivity (Wildman–Crippen MR) is 135 cm³/mol. The normalized spacial score (nSPS) is 12.0. The van der Waals surface area contributed by atoms with Gasteiger partial charge in [-0.3, -0.25) is 4.57 Å². The molecule has 35 heavy (non-hydrogen) atoms. The Kier molecular flexibility index (Phi) is 5.23. The van der Waals surface area contributed by atoms with Gasteiger partial charge in [-0.25, -0.2) is 14.6 Å². The van der Waals surface area contributed by atoms with Crippen molar-refractivity contribution in [2.24, 2.45) is 0 Å². The summed E-state index contributed by atoms with van der Waals surface area (Å²) in [6, 6.07) is 28.2. The number of hydrogen-bond acceptors (Lipinski definition) is 6. The molecule has 170 valence electrons. The lowest BCUT2D eigenvalue weighted by atomic mass is 10.1. The van der Waals surface area contributed by atoms with Crippen LogP contribution in [0.1, 0.15) is 18.5 Å². The Morgan fingerprint density at radius 1 is 0.857 bits per heavy atom. The van der Waals surface area contributed by atoms with E-state index in [1.807, 2.05) is 83.6 Å². The minimum Gasteiger partial charge on any atom is -0.348 e. The van der Waals surface area contributed by atoms with E-state index >= 15 is 0 Å². The lowest BCUT2D eigenvalue weighted by molar-refractivity contribution is 0.804. The lowest BCUT2D eigenvalue weighted by Gasteiger charge is -2.14. The summed E-state index contributed by atoms with van der Waals surface area (Å²) >= 11 is 0. The summed E-state index contributed by atoms with van der Waals surface area (Å²) in [5.74, 6) is 1.28. The Balaban J connectivity index is 1.32. The van der Waals surface area contributed by atoms with Gasteiger partial charge >= 0.3 is 0 Å². The van der Waals surface area contributed by atoms with Crippen LogP contribution >= 0.6 is 0 Å². The van der Waals surface area contributed by atoms with E-state index in [9.17, 15) is 0 Å². The Bertz CT molecular complexity index is 1590. The molecule has 0 aliphatic rings. The summed E-state index contributed by atoms with van der Waals surface area (Å²) in [4.78, 5) is 13.7. The summed E-state index contributed by atoms with van der Waals surface area (Å²) in [6.07, 6.45) is 5.45. The third-order valence-corrected chi connectivity index (χ3v) is 5.89. The molecule has 1 unspecified atom stereocenters. The molecule has 3 aromatic carbocycles. The highest BCUT2D eigenvalue weighted by atomic mass is 15.4. The number of nitrogens with zero attached hydrogens (tertiary/aromatic N) is 7. The van der Waals surface area contributed by atoms with Crippen molar-refractivity contribution >= 4 is 17.0 Å². The van der Waals surface area contributed by atoms with Gasteiger partial charge in [-0.1, -0.05) is 65.9 Å². The molecular formula is C27H22N8. The molecule has 1 N–H and O–H groups in total. The number of rotatable bonds is 6. The van der Waals surface area contributed by atoms with Crippen LogP contribution in [0, 0.1) is 0 Å². The molecular weight excluding hydrogens is 436 g/mol. The predicted octanol–water partition coefficient (Wildman–Crippen LogP) is 5.24. The molecule has 0 amide bonds. The third-order valence-electron chi connectivity index (χ3n) is 5.89. The summed E-state index contributed by atoms with van der Waals surface area (Å²) < 4.78 is 3.72. The van der Waals surface area contributed by atoms with Gasteiger partial charge in [0.2, 0.25) is 5.95 Å². The number of fused-ring (bicyclic) bond motifs is 1. The van der Waals surface area contributed by atoms with E-state index in [0.29, 0.717) is 5.95 Å². The van der Waals surface area contributed by atoms with Crippen LogP contribution in [0.2, 0.25) is 0 Å². The summed E-state index contributed by atoms with van der Waals surface area (Å²) in [7, 11) is 0. The zero-order chi connectivity index (χ0) is 23.6. The van der Waals surface area contributed by atoms with E-state index in [2.05, 4.69) is 44.7 Å². The SMILES string of the molecule is CC(Nc1nccc(-n2cnc3ccc(-n4cc(-c5ccccc5)nn4)cc32)n1)c1ccccc1. The van der Waals surface area contributed by atoms with Crippen molar-refractivity contribution in [3.05, 3.63) is 109 Å². The molecule has 6 aromatic rings. The minimum atomic E-state index is 0.0729.